The fraction of sp³-hybridized carbons (Fsp3) is 0.400. The predicted molar refractivity (Wildman–Crippen MR) is 101 cm³/mol. The van der Waals surface area contributed by atoms with Crippen LogP contribution in [0.15, 0.2) is 48.8 Å². The van der Waals surface area contributed by atoms with Crippen LogP contribution in [0.25, 0.3) is 0 Å². The lowest BCUT2D eigenvalue weighted by atomic mass is 10.00. The van der Waals surface area contributed by atoms with Gasteiger partial charge in [-0.3, -0.25) is 4.98 Å². The summed E-state index contributed by atoms with van der Waals surface area (Å²) >= 11 is 0. The number of pyridine rings is 1. The van der Waals surface area contributed by atoms with Crippen molar-refractivity contribution in [3.63, 3.8) is 0 Å². The van der Waals surface area contributed by atoms with Gasteiger partial charge in [0.25, 0.3) is 0 Å². The van der Waals surface area contributed by atoms with Crippen molar-refractivity contribution in [2.75, 3.05) is 31.1 Å². The van der Waals surface area contributed by atoms with E-state index in [9.17, 15) is 4.79 Å². The van der Waals surface area contributed by atoms with Crippen LogP contribution in [0.3, 0.4) is 0 Å². The van der Waals surface area contributed by atoms with E-state index in [1.54, 1.807) is 12.4 Å². The lowest BCUT2D eigenvalue weighted by Crippen LogP contribution is -2.51. The first-order chi connectivity index (χ1) is 12.1. The van der Waals surface area contributed by atoms with Gasteiger partial charge in [0.15, 0.2) is 0 Å². The number of nitrogens with zero attached hydrogens (tertiary/aromatic N) is 3. The van der Waals surface area contributed by atoms with Crippen molar-refractivity contribution in [2.45, 2.75) is 26.3 Å². The highest BCUT2D eigenvalue weighted by Gasteiger charge is 2.22. The van der Waals surface area contributed by atoms with E-state index in [2.05, 4.69) is 53.3 Å². The Morgan fingerprint density at radius 2 is 1.88 bits per heavy atom. The number of aromatic nitrogens is 1. The van der Waals surface area contributed by atoms with Crippen LogP contribution >= 0.6 is 0 Å². The zero-order chi connectivity index (χ0) is 17.6. The highest BCUT2D eigenvalue weighted by molar-refractivity contribution is 5.74. The summed E-state index contributed by atoms with van der Waals surface area (Å²) in [6, 6.07) is 12.4. The highest BCUT2D eigenvalue weighted by Crippen LogP contribution is 2.28. The van der Waals surface area contributed by atoms with E-state index in [1.165, 1.54) is 11.3 Å². The number of piperazine rings is 1. The fourth-order valence-electron chi connectivity index (χ4n) is 3.21. The molecule has 5 heteroatoms. The molecule has 2 aromatic rings. The quantitative estimate of drug-likeness (QED) is 0.931. The van der Waals surface area contributed by atoms with Crippen LogP contribution in [0.5, 0.6) is 0 Å². The normalized spacial score (nSPS) is 14.7. The molecule has 1 aromatic carbocycles. The van der Waals surface area contributed by atoms with Crippen molar-refractivity contribution in [3.05, 3.63) is 59.9 Å². The molecule has 5 nitrogen and oxygen atoms in total. The first-order valence-corrected chi connectivity index (χ1v) is 8.90. The second-order valence-corrected chi connectivity index (χ2v) is 6.71. The lowest BCUT2D eigenvalue weighted by molar-refractivity contribution is 0.194. The van der Waals surface area contributed by atoms with Gasteiger partial charge in [-0.1, -0.05) is 38.1 Å². The summed E-state index contributed by atoms with van der Waals surface area (Å²) in [6.07, 6.45) is 3.51. The van der Waals surface area contributed by atoms with Gasteiger partial charge in [-0.05, 0) is 29.2 Å². The minimum atomic E-state index is 0.000600. The minimum Gasteiger partial charge on any atom is -0.368 e. The zero-order valence-corrected chi connectivity index (χ0v) is 15.0. The molecule has 0 atom stereocenters. The molecule has 2 heterocycles. The fourth-order valence-corrected chi connectivity index (χ4v) is 3.21. The Balaban J connectivity index is 1.54. The molecule has 1 fully saturated rings. The number of urea groups is 1. The first kappa shape index (κ1) is 17.3. The number of para-hydroxylation sites is 1. The Kier molecular flexibility index (Phi) is 5.53. The van der Waals surface area contributed by atoms with Gasteiger partial charge in [0.2, 0.25) is 0 Å². The van der Waals surface area contributed by atoms with Crippen molar-refractivity contribution >= 4 is 11.7 Å². The van der Waals surface area contributed by atoms with Crippen molar-refractivity contribution in [1.29, 1.82) is 0 Å². The highest BCUT2D eigenvalue weighted by atomic mass is 16.2. The topological polar surface area (TPSA) is 48.5 Å². The first-order valence-electron chi connectivity index (χ1n) is 8.90. The summed E-state index contributed by atoms with van der Waals surface area (Å²) in [4.78, 5) is 20.7. The Morgan fingerprint density at radius 3 is 2.56 bits per heavy atom. The van der Waals surface area contributed by atoms with E-state index < -0.39 is 0 Å². The zero-order valence-electron chi connectivity index (χ0n) is 15.0. The van der Waals surface area contributed by atoms with Gasteiger partial charge in [-0.15, -0.1) is 0 Å². The van der Waals surface area contributed by atoms with E-state index in [4.69, 9.17) is 0 Å². The van der Waals surface area contributed by atoms with Gasteiger partial charge in [0, 0.05) is 50.8 Å². The third-order valence-electron chi connectivity index (χ3n) is 4.63. The standard InChI is InChI=1S/C20H26N4O/c1-16(2)18-7-3-4-8-19(18)23-10-12-24(13-11-23)20(25)22-15-17-6-5-9-21-14-17/h3-9,14,16H,10-13,15H2,1-2H3,(H,22,25). The summed E-state index contributed by atoms with van der Waals surface area (Å²) in [5.74, 6) is 0.497. The molecule has 1 aliphatic heterocycles. The van der Waals surface area contributed by atoms with Crippen LogP contribution in [0, 0.1) is 0 Å². The summed E-state index contributed by atoms with van der Waals surface area (Å²) in [6.45, 7) is 8.18. The molecular weight excluding hydrogens is 312 g/mol. The maximum absolute atomic E-state index is 12.4. The smallest absolute Gasteiger partial charge is 0.317 e. The van der Waals surface area contributed by atoms with Crippen molar-refractivity contribution < 1.29 is 4.79 Å². The SMILES string of the molecule is CC(C)c1ccccc1N1CCN(C(=O)NCc2cccnc2)CC1. The Hall–Kier alpha value is -2.56. The number of carbonyl (C=O) groups excluding carboxylic acids is 1. The van der Waals surface area contributed by atoms with E-state index in [-0.39, 0.29) is 6.03 Å². The number of anilines is 1. The molecule has 0 bridgehead atoms. The number of hydrogen-bond acceptors (Lipinski definition) is 3. The number of hydrogen-bond donors (Lipinski definition) is 1. The third-order valence-corrected chi connectivity index (χ3v) is 4.63. The average molecular weight is 338 g/mol. The third kappa shape index (κ3) is 4.29. The summed E-state index contributed by atoms with van der Waals surface area (Å²) in [7, 11) is 0. The van der Waals surface area contributed by atoms with E-state index in [0.717, 1.165) is 31.7 Å². The monoisotopic (exact) mass is 338 g/mol. The number of benzene rings is 1. The van der Waals surface area contributed by atoms with Crippen molar-refractivity contribution in [2.24, 2.45) is 0 Å². The van der Waals surface area contributed by atoms with E-state index in [1.807, 2.05) is 17.0 Å². The summed E-state index contributed by atoms with van der Waals surface area (Å²) in [5.41, 5.74) is 3.69. The van der Waals surface area contributed by atoms with Gasteiger partial charge in [0.1, 0.15) is 0 Å². The summed E-state index contributed by atoms with van der Waals surface area (Å²) < 4.78 is 0. The van der Waals surface area contributed by atoms with Crippen molar-refractivity contribution in [3.8, 4) is 0 Å². The molecule has 3 rings (SSSR count). The molecule has 1 aliphatic rings. The maximum atomic E-state index is 12.4. The molecule has 0 unspecified atom stereocenters. The Bertz CT molecular complexity index is 694. The molecule has 2 amide bonds. The molecule has 1 saturated heterocycles. The predicted octanol–water partition coefficient (Wildman–Crippen LogP) is 3.24. The second kappa shape index (κ2) is 8.01. The van der Waals surface area contributed by atoms with Gasteiger partial charge >= 0.3 is 6.03 Å². The Morgan fingerprint density at radius 1 is 1.12 bits per heavy atom. The number of rotatable bonds is 4. The number of amides is 2. The summed E-state index contributed by atoms with van der Waals surface area (Å²) in [5, 5.41) is 2.98. The second-order valence-electron chi connectivity index (χ2n) is 6.71. The molecule has 1 N–H and O–H groups in total. The maximum Gasteiger partial charge on any atom is 0.317 e. The van der Waals surface area contributed by atoms with Crippen LogP contribution in [0.2, 0.25) is 0 Å². The molecule has 0 radical (unpaired) electrons. The largest absolute Gasteiger partial charge is 0.368 e. The van der Waals surface area contributed by atoms with Crippen LogP contribution in [-0.4, -0.2) is 42.1 Å². The molecule has 25 heavy (non-hydrogen) atoms. The molecule has 0 aliphatic carbocycles. The van der Waals surface area contributed by atoms with Gasteiger partial charge in [0.05, 0.1) is 0 Å². The minimum absolute atomic E-state index is 0.000600. The van der Waals surface area contributed by atoms with Crippen LogP contribution in [0.4, 0.5) is 10.5 Å². The van der Waals surface area contributed by atoms with Crippen LogP contribution < -0.4 is 10.2 Å². The molecule has 1 aromatic heterocycles. The number of carbonyl (C=O) groups is 1. The van der Waals surface area contributed by atoms with Crippen LogP contribution in [-0.2, 0) is 6.54 Å². The molecule has 132 valence electrons. The van der Waals surface area contributed by atoms with Gasteiger partial charge < -0.3 is 15.1 Å². The Labute approximate surface area is 149 Å². The van der Waals surface area contributed by atoms with Crippen LogP contribution in [0.1, 0.15) is 30.9 Å². The van der Waals surface area contributed by atoms with Gasteiger partial charge in [-0.2, -0.15) is 0 Å². The van der Waals surface area contributed by atoms with Crippen molar-refractivity contribution in [1.82, 2.24) is 15.2 Å². The van der Waals surface area contributed by atoms with E-state index >= 15 is 0 Å². The lowest BCUT2D eigenvalue weighted by Gasteiger charge is -2.37. The molecule has 0 spiro atoms. The average Bonchev–Trinajstić information content (AvgIpc) is 2.67. The molecule has 0 saturated carbocycles. The molecular formula is C20H26N4O. The van der Waals surface area contributed by atoms with E-state index in [0.29, 0.717) is 12.5 Å². The van der Waals surface area contributed by atoms with Gasteiger partial charge in [-0.25, -0.2) is 4.79 Å². The number of nitrogens with one attached hydrogen (secondary N) is 1.